The fraction of sp³-hybridized carbons (Fsp3) is 0.333. The first-order valence-electron chi connectivity index (χ1n) is 5.11. The van der Waals surface area contributed by atoms with Crippen LogP contribution in [0.1, 0.15) is 16.7 Å². The fourth-order valence-electron chi connectivity index (χ4n) is 2.05. The van der Waals surface area contributed by atoms with Crippen molar-refractivity contribution in [3.8, 4) is 6.07 Å². The maximum atomic E-state index is 9.17. The number of imidazole rings is 1. The zero-order valence-corrected chi connectivity index (χ0v) is 9.94. The number of pyridine rings is 1. The number of aromatic nitrogens is 2. The third-order valence-corrected chi connectivity index (χ3v) is 2.90. The van der Waals surface area contributed by atoms with E-state index in [-0.39, 0.29) is 0 Å². The Labute approximate surface area is 94.7 Å². The zero-order valence-electron chi connectivity index (χ0n) is 9.94. The molecule has 0 aliphatic carbocycles. The molecule has 4 heteroatoms. The largest absolute Gasteiger partial charge is 0.364 e. The predicted octanol–water partition coefficient (Wildman–Crippen LogP) is 1.89. The molecule has 0 radical (unpaired) electrons. The van der Waals surface area contributed by atoms with Crippen LogP contribution in [-0.2, 0) is 0 Å². The Hall–Kier alpha value is -2.02. The zero-order chi connectivity index (χ0) is 11.9. The molecule has 0 amide bonds. The van der Waals surface area contributed by atoms with E-state index >= 15 is 0 Å². The van der Waals surface area contributed by atoms with E-state index in [0.29, 0.717) is 5.56 Å². The fourth-order valence-corrected chi connectivity index (χ4v) is 2.05. The van der Waals surface area contributed by atoms with Crippen molar-refractivity contribution < 1.29 is 0 Å². The highest BCUT2D eigenvalue weighted by Crippen LogP contribution is 2.27. The predicted molar refractivity (Wildman–Crippen MR) is 63.7 cm³/mol. The van der Waals surface area contributed by atoms with Gasteiger partial charge in [-0.25, -0.2) is 4.98 Å². The molecule has 4 nitrogen and oxygen atoms in total. The van der Waals surface area contributed by atoms with Crippen molar-refractivity contribution >= 4 is 11.5 Å². The molecule has 0 spiro atoms. The minimum atomic E-state index is 0.660. The van der Waals surface area contributed by atoms with Gasteiger partial charge >= 0.3 is 0 Å². The van der Waals surface area contributed by atoms with Gasteiger partial charge < -0.3 is 4.90 Å². The molecule has 0 aliphatic heterocycles. The number of hydrogen-bond acceptors (Lipinski definition) is 3. The molecule has 0 aromatic carbocycles. The van der Waals surface area contributed by atoms with Crippen LogP contribution in [0.25, 0.3) is 5.65 Å². The van der Waals surface area contributed by atoms with Gasteiger partial charge in [0.15, 0.2) is 5.65 Å². The van der Waals surface area contributed by atoms with Gasteiger partial charge in [-0.05, 0) is 25.0 Å². The van der Waals surface area contributed by atoms with E-state index in [4.69, 9.17) is 0 Å². The average molecular weight is 214 g/mol. The van der Waals surface area contributed by atoms with Crippen molar-refractivity contribution in [1.29, 1.82) is 5.26 Å². The standard InChI is InChI=1S/C12H14N4/c1-8-9(2)12(15(3)4)16-6-5-14-11(16)10(8)7-13/h5-6H,1-4H3. The molecular formula is C12H14N4. The Morgan fingerprint density at radius 3 is 2.56 bits per heavy atom. The Balaban J connectivity index is 2.99. The van der Waals surface area contributed by atoms with E-state index in [9.17, 15) is 5.26 Å². The van der Waals surface area contributed by atoms with E-state index in [1.54, 1.807) is 6.20 Å². The summed E-state index contributed by atoms with van der Waals surface area (Å²) in [5.41, 5.74) is 3.51. The number of fused-ring (bicyclic) bond motifs is 1. The molecule has 2 aromatic heterocycles. The van der Waals surface area contributed by atoms with Gasteiger partial charge in [-0.1, -0.05) is 0 Å². The van der Waals surface area contributed by atoms with Crippen LogP contribution in [-0.4, -0.2) is 23.5 Å². The van der Waals surface area contributed by atoms with E-state index in [2.05, 4.69) is 11.1 Å². The van der Waals surface area contributed by atoms with Crippen molar-refractivity contribution in [2.24, 2.45) is 0 Å². The van der Waals surface area contributed by atoms with E-state index < -0.39 is 0 Å². The van der Waals surface area contributed by atoms with Crippen molar-refractivity contribution in [3.63, 3.8) is 0 Å². The molecule has 2 aromatic rings. The Morgan fingerprint density at radius 1 is 1.31 bits per heavy atom. The molecule has 2 heterocycles. The summed E-state index contributed by atoms with van der Waals surface area (Å²) in [5, 5.41) is 9.17. The summed E-state index contributed by atoms with van der Waals surface area (Å²) in [4.78, 5) is 6.29. The van der Waals surface area contributed by atoms with Crippen LogP contribution in [0.3, 0.4) is 0 Å². The van der Waals surface area contributed by atoms with Crippen molar-refractivity contribution in [1.82, 2.24) is 9.38 Å². The molecule has 16 heavy (non-hydrogen) atoms. The third-order valence-electron chi connectivity index (χ3n) is 2.90. The van der Waals surface area contributed by atoms with Gasteiger partial charge in [-0.15, -0.1) is 0 Å². The monoisotopic (exact) mass is 214 g/mol. The van der Waals surface area contributed by atoms with Gasteiger partial charge in [0.1, 0.15) is 11.9 Å². The number of nitrogens with zero attached hydrogens (tertiary/aromatic N) is 4. The number of rotatable bonds is 1. The van der Waals surface area contributed by atoms with Crippen LogP contribution >= 0.6 is 0 Å². The second-order valence-corrected chi connectivity index (χ2v) is 4.08. The highest BCUT2D eigenvalue weighted by molar-refractivity contribution is 5.68. The number of nitriles is 1. The summed E-state index contributed by atoms with van der Waals surface area (Å²) >= 11 is 0. The molecule has 2 rings (SSSR count). The first-order valence-corrected chi connectivity index (χ1v) is 5.11. The lowest BCUT2D eigenvalue weighted by atomic mass is 10.1. The minimum absolute atomic E-state index is 0.660. The van der Waals surface area contributed by atoms with Crippen LogP contribution in [0.15, 0.2) is 12.4 Å². The van der Waals surface area contributed by atoms with Crippen LogP contribution < -0.4 is 4.90 Å². The first-order chi connectivity index (χ1) is 7.57. The smallest absolute Gasteiger partial charge is 0.156 e. The molecular weight excluding hydrogens is 200 g/mol. The third kappa shape index (κ3) is 1.25. The molecule has 0 saturated heterocycles. The highest BCUT2D eigenvalue weighted by Gasteiger charge is 2.15. The molecule has 0 aliphatic rings. The van der Waals surface area contributed by atoms with Crippen LogP contribution in [0.4, 0.5) is 5.82 Å². The molecule has 0 fully saturated rings. The normalized spacial score (nSPS) is 10.4. The van der Waals surface area contributed by atoms with Gasteiger partial charge in [0.25, 0.3) is 0 Å². The lowest BCUT2D eigenvalue weighted by molar-refractivity contribution is 0.997. The van der Waals surface area contributed by atoms with E-state index in [0.717, 1.165) is 22.6 Å². The van der Waals surface area contributed by atoms with Gasteiger partial charge in [0, 0.05) is 26.5 Å². The van der Waals surface area contributed by atoms with Gasteiger partial charge in [-0.2, -0.15) is 5.26 Å². The number of hydrogen-bond donors (Lipinski definition) is 0. The Morgan fingerprint density at radius 2 is 2.00 bits per heavy atom. The maximum Gasteiger partial charge on any atom is 0.156 e. The summed E-state index contributed by atoms with van der Waals surface area (Å²) in [6.45, 7) is 4.00. The van der Waals surface area contributed by atoms with Crippen LogP contribution in [0.2, 0.25) is 0 Å². The topological polar surface area (TPSA) is 44.3 Å². The van der Waals surface area contributed by atoms with Gasteiger partial charge in [0.2, 0.25) is 0 Å². The number of anilines is 1. The van der Waals surface area contributed by atoms with E-state index in [1.165, 1.54) is 0 Å². The highest BCUT2D eigenvalue weighted by atomic mass is 15.2. The van der Waals surface area contributed by atoms with Crippen molar-refractivity contribution in [3.05, 3.63) is 29.1 Å². The Bertz CT molecular complexity index is 587. The van der Waals surface area contributed by atoms with Crippen molar-refractivity contribution in [2.75, 3.05) is 19.0 Å². The summed E-state index contributed by atoms with van der Waals surface area (Å²) in [6.07, 6.45) is 3.61. The summed E-state index contributed by atoms with van der Waals surface area (Å²) in [6, 6.07) is 2.23. The SMILES string of the molecule is Cc1c(C)c(N(C)C)n2ccnc2c1C#N. The molecule has 0 unspecified atom stereocenters. The quantitative estimate of drug-likeness (QED) is 0.728. The Kier molecular flexibility index (Phi) is 2.31. The van der Waals surface area contributed by atoms with Gasteiger partial charge in [0.05, 0.1) is 5.56 Å². The second-order valence-electron chi connectivity index (χ2n) is 4.08. The summed E-state index contributed by atoms with van der Waals surface area (Å²) < 4.78 is 1.96. The minimum Gasteiger partial charge on any atom is -0.364 e. The van der Waals surface area contributed by atoms with Crippen molar-refractivity contribution in [2.45, 2.75) is 13.8 Å². The molecule has 0 bridgehead atoms. The van der Waals surface area contributed by atoms with Gasteiger partial charge in [-0.3, -0.25) is 4.40 Å². The summed E-state index contributed by atoms with van der Waals surface area (Å²) in [7, 11) is 3.99. The molecule has 82 valence electrons. The first kappa shape index (κ1) is 10.5. The maximum absolute atomic E-state index is 9.17. The molecule has 0 atom stereocenters. The van der Waals surface area contributed by atoms with E-state index in [1.807, 2.05) is 43.4 Å². The summed E-state index contributed by atoms with van der Waals surface area (Å²) in [5.74, 6) is 1.07. The lowest BCUT2D eigenvalue weighted by Gasteiger charge is -2.20. The van der Waals surface area contributed by atoms with Crippen LogP contribution in [0.5, 0.6) is 0 Å². The average Bonchev–Trinajstić information content (AvgIpc) is 2.67. The van der Waals surface area contributed by atoms with Crippen LogP contribution in [0, 0.1) is 25.2 Å². The molecule has 0 saturated carbocycles. The second kappa shape index (κ2) is 3.53. The lowest BCUT2D eigenvalue weighted by Crippen LogP contribution is -2.16. The molecule has 0 N–H and O–H groups in total.